The van der Waals surface area contributed by atoms with Crippen molar-refractivity contribution in [3.63, 3.8) is 0 Å². The van der Waals surface area contributed by atoms with E-state index in [0.717, 1.165) is 34.7 Å². The average molecular weight is 454 g/mol. The van der Waals surface area contributed by atoms with Gasteiger partial charge in [0.2, 0.25) is 21.8 Å². The lowest BCUT2D eigenvalue weighted by molar-refractivity contribution is -0.117. The van der Waals surface area contributed by atoms with Crippen molar-refractivity contribution in [3.05, 3.63) is 52.8 Å². The first-order chi connectivity index (χ1) is 14.1. The molecule has 0 bridgehead atoms. The SMILES string of the molecule is Cc1ccc(NC(=O)CN(c2ccc(F)c(Cl)c2)S(C)(=O)=O)cc1N1CCCC1=O. The van der Waals surface area contributed by atoms with Crippen molar-refractivity contribution in [1.29, 1.82) is 0 Å². The number of hydrogen-bond donors (Lipinski definition) is 1. The minimum absolute atomic E-state index is 0.0259. The molecule has 2 aromatic carbocycles. The van der Waals surface area contributed by atoms with E-state index < -0.39 is 28.3 Å². The normalized spacial score (nSPS) is 14.1. The van der Waals surface area contributed by atoms with Gasteiger partial charge in [-0.1, -0.05) is 17.7 Å². The van der Waals surface area contributed by atoms with Crippen LogP contribution in [0, 0.1) is 12.7 Å². The molecule has 30 heavy (non-hydrogen) atoms. The van der Waals surface area contributed by atoms with Gasteiger partial charge in [0.1, 0.15) is 12.4 Å². The Balaban J connectivity index is 1.81. The third kappa shape index (κ3) is 4.91. The standard InChI is InChI=1S/C20H21ClFN3O4S/c1-13-5-6-14(10-18(13)24-9-3-4-20(24)27)23-19(26)12-25(30(2,28)29)15-7-8-17(22)16(21)11-15/h5-8,10-11H,3-4,9,12H2,1-2H3,(H,23,26). The van der Waals surface area contributed by atoms with Crippen molar-refractivity contribution < 1.29 is 22.4 Å². The first-order valence-electron chi connectivity index (χ1n) is 9.20. The van der Waals surface area contributed by atoms with Gasteiger partial charge in [-0.05, 0) is 49.2 Å². The van der Waals surface area contributed by atoms with Crippen molar-refractivity contribution in [2.24, 2.45) is 0 Å². The van der Waals surface area contributed by atoms with Crippen LogP contribution in [0.25, 0.3) is 0 Å². The van der Waals surface area contributed by atoms with Crippen LogP contribution in [-0.2, 0) is 19.6 Å². The van der Waals surface area contributed by atoms with E-state index in [4.69, 9.17) is 11.6 Å². The smallest absolute Gasteiger partial charge is 0.245 e. The van der Waals surface area contributed by atoms with E-state index in [1.165, 1.54) is 6.07 Å². The molecule has 10 heteroatoms. The van der Waals surface area contributed by atoms with Gasteiger partial charge in [0.15, 0.2) is 0 Å². The van der Waals surface area contributed by atoms with Crippen LogP contribution in [0.2, 0.25) is 5.02 Å². The molecule has 0 atom stereocenters. The number of carbonyl (C=O) groups excluding carboxylic acids is 2. The summed E-state index contributed by atoms with van der Waals surface area (Å²) in [7, 11) is -3.83. The Morgan fingerprint density at radius 2 is 2.00 bits per heavy atom. The van der Waals surface area contributed by atoms with E-state index in [9.17, 15) is 22.4 Å². The Morgan fingerprint density at radius 1 is 1.27 bits per heavy atom. The van der Waals surface area contributed by atoms with Gasteiger partial charge in [-0.3, -0.25) is 13.9 Å². The maximum absolute atomic E-state index is 13.4. The highest BCUT2D eigenvalue weighted by atomic mass is 35.5. The maximum atomic E-state index is 13.4. The zero-order valence-corrected chi connectivity index (χ0v) is 18.1. The number of hydrogen-bond acceptors (Lipinski definition) is 4. The highest BCUT2D eigenvalue weighted by Gasteiger charge is 2.24. The second-order valence-electron chi connectivity index (χ2n) is 7.07. The Labute approximate surface area is 179 Å². The van der Waals surface area contributed by atoms with Crippen molar-refractivity contribution in [2.45, 2.75) is 19.8 Å². The number of benzene rings is 2. The fourth-order valence-electron chi connectivity index (χ4n) is 3.25. The van der Waals surface area contributed by atoms with Crippen molar-refractivity contribution in [3.8, 4) is 0 Å². The summed E-state index contributed by atoms with van der Waals surface area (Å²) in [6.45, 7) is 1.97. The number of nitrogens with one attached hydrogen (secondary N) is 1. The zero-order valence-electron chi connectivity index (χ0n) is 16.5. The van der Waals surface area contributed by atoms with Crippen LogP contribution in [0.4, 0.5) is 21.5 Å². The Bertz CT molecular complexity index is 1110. The summed E-state index contributed by atoms with van der Waals surface area (Å²) < 4.78 is 38.6. The van der Waals surface area contributed by atoms with E-state index in [2.05, 4.69) is 5.32 Å². The third-order valence-corrected chi connectivity index (χ3v) is 6.17. The number of aryl methyl sites for hydroxylation is 1. The van der Waals surface area contributed by atoms with Gasteiger partial charge in [-0.25, -0.2) is 12.8 Å². The molecule has 1 N–H and O–H groups in total. The lowest BCUT2D eigenvalue weighted by Crippen LogP contribution is -2.37. The number of sulfonamides is 1. The second-order valence-corrected chi connectivity index (χ2v) is 9.38. The molecule has 7 nitrogen and oxygen atoms in total. The maximum Gasteiger partial charge on any atom is 0.245 e. The summed E-state index contributed by atoms with van der Waals surface area (Å²) >= 11 is 5.75. The van der Waals surface area contributed by atoms with E-state index in [0.29, 0.717) is 24.3 Å². The lowest BCUT2D eigenvalue weighted by Gasteiger charge is -2.23. The zero-order chi connectivity index (χ0) is 22.1. The number of nitrogens with zero attached hydrogens (tertiary/aromatic N) is 2. The fraction of sp³-hybridized carbons (Fsp3) is 0.300. The van der Waals surface area contributed by atoms with Gasteiger partial charge in [-0.15, -0.1) is 0 Å². The molecule has 2 amide bonds. The molecule has 1 heterocycles. The minimum Gasteiger partial charge on any atom is -0.324 e. The molecule has 1 aliphatic rings. The van der Waals surface area contributed by atoms with Crippen LogP contribution in [0.3, 0.4) is 0 Å². The molecule has 0 radical (unpaired) electrons. The third-order valence-electron chi connectivity index (χ3n) is 4.74. The lowest BCUT2D eigenvalue weighted by atomic mass is 10.1. The quantitative estimate of drug-likeness (QED) is 0.726. The Hall–Kier alpha value is -2.65. The van der Waals surface area contributed by atoms with Crippen LogP contribution < -0.4 is 14.5 Å². The summed E-state index contributed by atoms with van der Waals surface area (Å²) in [6.07, 6.45) is 2.21. The molecule has 0 saturated carbocycles. The molecule has 1 fully saturated rings. The van der Waals surface area contributed by atoms with E-state index in [-0.39, 0.29) is 16.6 Å². The van der Waals surface area contributed by atoms with Gasteiger partial charge in [-0.2, -0.15) is 0 Å². The van der Waals surface area contributed by atoms with Crippen molar-refractivity contribution in [1.82, 2.24) is 0 Å². The van der Waals surface area contributed by atoms with Gasteiger partial charge < -0.3 is 10.2 Å². The molecule has 0 aromatic heterocycles. The molecule has 1 aliphatic heterocycles. The van der Waals surface area contributed by atoms with E-state index in [1.807, 2.05) is 6.92 Å². The molecule has 0 spiro atoms. The van der Waals surface area contributed by atoms with E-state index >= 15 is 0 Å². The number of halogens is 2. The summed E-state index contributed by atoms with van der Waals surface area (Å²) in [5.41, 5.74) is 2.11. The molecular weight excluding hydrogens is 433 g/mol. The molecular formula is C20H21ClFN3O4S. The van der Waals surface area contributed by atoms with E-state index in [1.54, 1.807) is 23.1 Å². The highest BCUT2D eigenvalue weighted by molar-refractivity contribution is 7.92. The molecule has 0 aliphatic carbocycles. The number of amides is 2. The molecule has 3 rings (SSSR count). The van der Waals surface area contributed by atoms with Crippen molar-refractivity contribution >= 4 is 50.5 Å². The van der Waals surface area contributed by atoms with Gasteiger partial charge in [0, 0.05) is 24.3 Å². The summed E-state index contributed by atoms with van der Waals surface area (Å²) in [6, 6.07) is 8.57. The topological polar surface area (TPSA) is 86.8 Å². The molecule has 0 unspecified atom stereocenters. The fourth-order valence-corrected chi connectivity index (χ4v) is 4.28. The monoisotopic (exact) mass is 453 g/mol. The van der Waals surface area contributed by atoms with Crippen LogP contribution >= 0.6 is 11.6 Å². The predicted octanol–water partition coefficient (Wildman–Crippen LogP) is 3.32. The van der Waals surface area contributed by atoms with Crippen LogP contribution in [0.1, 0.15) is 18.4 Å². The van der Waals surface area contributed by atoms with Crippen molar-refractivity contribution in [2.75, 3.05) is 33.9 Å². The molecule has 2 aromatic rings. The van der Waals surface area contributed by atoms with Gasteiger partial charge >= 0.3 is 0 Å². The second kappa shape index (κ2) is 8.61. The van der Waals surface area contributed by atoms with Gasteiger partial charge in [0.25, 0.3) is 0 Å². The first kappa shape index (κ1) is 22.0. The number of rotatable bonds is 6. The summed E-state index contributed by atoms with van der Waals surface area (Å²) in [4.78, 5) is 26.3. The first-order valence-corrected chi connectivity index (χ1v) is 11.4. The van der Waals surface area contributed by atoms with Crippen LogP contribution in [0.5, 0.6) is 0 Å². The predicted molar refractivity (Wildman–Crippen MR) is 115 cm³/mol. The number of anilines is 3. The van der Waals surface area contributed by atoms with Crippen LogP contribution in [0.15, 0.2) is 36.4 Å². The summed E-state index contributed by atoms with van der Waals surface area (Å²) in [5, 5.41) is 2.41. The number of carbonyl (C=O) groups is 2. The minimum atomic E-state index is -3.83. The Kier molecular flexibility index (Phi) is 6.33. The largest absolute Gasteiger partial charge is 0.324 e. The molecule has 1 saturated heterocycles. The Morgan fingerprint density at radius 3 is 2.60 bits per heavy atom. The van der Waals surface area contributed by atoms with Gasteiger partial charge in [0.05, 0.1) is 17.0 Å². The average Bonchev–Trinajstić information content (AvgIpc) is 3.08. The van der Waals surface area contributed by atoms with Crippen LogP contribution in [-0.4, -0.2) is 39.6 Å². The molecule has 160 valence electrons. The summed E-state index contributed by atoms with van der Waals surface area (Å²) in [5.74, 6) is -1.26. The highest BCUT2D eigenvalue weighted by Crippen LogP contribution is 2.28.